The Morgan fingerprint density at radius 1 is 1.04 bits per heavy atom. The van der Waals surface area contributed by atoms with Crippen molar-refractivity contribution in [3.8, 4) is 0 Å². The Kier molecular flexibility index (Phi) is 5.81. The summed E-state index contributed by atoms with van der Waals surface area (Å²) in [6, 6.07) is 11.8. The van der Waals surface area contributed by atoms with Crippen LogP contribution in [0.1, 0.15) is 44.2 Å². The second kappa shape index (κ2) is 8.29. The van der Waals surface area contributed by atoms with E-state index in [2.05, 4.69) is 46.1 Å². The van der Waals surface area contributed by atoms with Crippen molar-refractivity contribution >= 4 is 5.91 Å². The number of nitrogens with one attached hydrogen (secondary N) is 1. The van der Waals surface area contributed by atoms with Crippen LogP contribution in [0.4, 0.5) is 0 Å². The van der Waals surface area contributed by atoms with E-state index in [0.717, 1.165) is 38.0 Å². The molecule has 0 bridgehead atoms. The molecule has 1 aliphatic carbocycles. The normalized spacial score (nSPS) is 27.4. The van der Waals surface area contributed by atoms with Gasteiger partial charge < -0.3 is 10.2 Å². The molecular formula is C22H34N4O. The van der Waals surface area contributed by atoms with E-state index < -0.39 is 0 Å². The van der Waals surface area contributed by atoms with Gasteiger partial charge in [-0.05, 0) is 58.3 Å². The first kappa shape index (κ1) is 18.9. The summed E-state index contributed by atoms with van der Waals surface area (Å²) in [5.41, 5.74) is 1.12. The van der Waals surface area contributed by atoms with Crippen LogP contribution < -0.4 is 5.32 Å². The van der Waals surface area contributed by atoms with Crippen molar-refractivity contribution in [2.45, 2.75) is 56.8 Å². The lowest BCUT2D eigenvalue weighted by atomic mass is 9.98. The Morgan fingerprint density at radius 2 is 1.74 bits per heavy atom. The van der Waals surface area contributed by atoms with E-state index in [1.807, 2.05) is 18.2 Å². The Labute approximate surface area is 163 Å². The molecule has 3 fully saturated rings. The Bertz CT molecular complexity index is 624. The number of piperazine rings is 1. The minimum absolute atomic E-state index is 0.158. The number of carbonyl (C=O) groups excluding carboxylic acids is 1. The molecule has 1 aromatic carbocycles. The first-order chi connectivity index (χ1) is 13.1. The molecule has 0 spiro atoms. The molecule has 1 amide bonds. The van der Waals surface area contributed by atoms with Crippen LogP contribution in [-0.2, 0) is 4.79 Å². The van der Waals surface area contributed by atoms with E-state index in [1.54, 1.807) is 0 Å². The number of rotatable bonds is 5. The van der Waals surface area contributed by atoms with Crippen molar-refractivity contribution in [1.82, 2.24) is 20.0 Å². The van der Waals surface area contributed by atoms with E-state index >= 15 is 0 Å². The molecule has 1 N–H and O–H groups in total. The van der Waals surface area contributed by atoms with Gasteiger partial charge in [0.25, 0.3) is 0 Å². The fourth-order valence-electron chi connectivity index (χ4n) is 4.77. The highest BCUT2D eigenvalue weighted by Gasteiger charge is 2.37. The van der Waals surface area contributed by atoms with Gasteiger partial charge >= 0.3 is 0 Å². The minimum atomic E-state index is -0.158. The molecule has 3 aliphatic rings. The molecule has 1 saturated carbocycles. The third-order valence-corrected chi connectivity index (χ3v) is 6.52. The average Bonchev–Trinajstić information content (AvgIpc) is 3.48. The summed E-state index contributed by atoms with van der Waals surface area (Å²) in [6.45, 7) is 7.74. The quantitative estimate of drug-likeness (QED) is 0.862. The minimum Gasteiger partial charge on any atom is -0.352 e. The predicted octanol–water partition coefficient (Wildman–Crippen LogP) is 2.11. The summed E-state index contributed by atoms with van der Waals surface area (Å²) in [6.07, 6.45) is 4.80. The Morgan fingerprint density at radius 3 is 2.37 bits per heavy atom. The summed E-state index contributed by atoms with van der Waals surface area (Å²) < 4.78 is 0. The molecule has 2 saturated heterocycles. The lowest BCUT2D eigenvalue weighted by molar-refractivity contribution is -0.128. The zero-order chi connectivity index (χ0) is 18.8. The highest BCUT2D eigenvalue weighted by atomic mass is 16.2. The molecule has 0 radical (unpaired) electrons. The Hall–Kier alpha value is -1.43. The molecule has 5 nitrogen and oxygen atoms in total. The Balaban J connectivity index is 1.44. The van der Waals surface area contributed by atoms with Gasteiger partial charge in [0.2, 0.25) is 5.91 Å². The molecule has 2 aliphatic heterocycles. The number of nitrogens with zero attached hydrogens (tertiary/aromatic N) is 3. The summed E-state index contributed by atoms with van der Waals surface area (Å²) in [7, 11) is 2.22. The van der Waals surface area contributed by atoms with Crippen LogP contribution in [-0.4, -0.2) is 78.5 Å². The van der Waals surface area contributed by atoms with Gasteiger partial charge in [-0.15, -0.1) is 0 Å². The van der Waals surface area contributed by atoms with Crippen LogP contribution in [0.3, 0.4) is 0 Å². The summed E-state index contributed by atoms with van der Waals surface area (Å²) in [5.74, 6) is 0.184. The van der Waals surface area contributed by atoms with Crippen LogP contribution in [0.15, 0.2) is 30.3 Å². The van der Waals surface area contributed by atoms with Gasteiger partial charge in [0, 0.05) is 37.8 Å². The van der Waals surface area contributed by atoms with Gasteiger partial charge in [0.1, 0.15) is 6.04 Å². The largest absolute Gasteiger partial charge is 0.352 e. The smallest absolute Gasteiger partial charge is 0.242 e. The molecule has 2 atom stereocenters. The standard InChI is InChI=1S/C22H34N4O/c1-17-16-25(14-15-26(17)20-10-12-24(2)13-11-20)21(18-6-4-3-5-7-18)22(27)23-19-8-9-19/h3-7,17,19-21H,8-16H2,1-2H3,(H,23,27)/t17-,21-/m1/s1. The van der Waals surface area contributed by atoms with Gasteiger partial charge in [0.15, 0.2) is 0 Å². The van der Waals surface area contributed by atoms with Crippen LogP contribution >= 0.6 is 0 Å². The zero-order valence-electron chi connectivity index (χ0n) is 16.8. The number of benzene rings is 1. The molecule has 5 heteroatoms. The molecule has 4 rings (SSSR count). The summed E-state index contributed by atoms with van der Waals surface area (Å²) in [4.78, 5) is 20.6. The van der Waals surface area contributed by atoms with Gasteiger partial charge in [-0.1, -0.05) is 30.3 Å². The second-order valence-corrected chi connectivity index (χ2v) is 8.71. The van der Waals surface area contributed by atoms with Gasteiger partial charge in [-0.3, -0.25) is 14.6 Å². The van der Waals surface area contributed by atoms with E-state index in [1.165, 1.54) is 25.9 Å². The number of hydrogen-bond donors (Lipinski definition) is 1. The number of hydrogen-bond acceptors (Lipinski definition) is 4. The van der Waals surface area contributed by atoms with E-state index in [9.17, 15) is 4.79 Å². The van der Waals surface area contributed by atoms with Crippen molar-refractivity contribution in [3.63, 3.8) is 0 Å². The van der Waals surface area contributed by atoms with Gasteiger partial charge in [-0.25, -0.2) is 0 Å². The highest BCUT2D eigenvalue weighted by Crippen LogP contribution is 2.29. The van der Waals surface area contributed by atoms with Crippen molar-refractivity contribution in [2.75, 3.05) is 39.8 Å². The fourth-order valence-corrected chi connectivity index (χ4v) is 4.77. The maximum absolute atomic E-state index is 13.0. The monoisotopic (exact) mass is 370 g/mol. The zero-order valence-corrected chi connectivity index (χ0v) is 16.8. The third-order valence-electron chi connectivity index (χ3n) is 6.52. The van der Waals surface area contributed by atoms with E-state index in [0.29, 0.717) is 18.1 Å². The number of amides is 1. The van der Waals surface area contributed by atoms with Gasteiger partial charge in [0.05, 0.1) is 0 Å². The molecule has 2 heterocycles. The maximum atomic E-state index is 13.0. The maximum Gasteiger partial charge on any atom is 0.242 e. The third kappa shape index (κ3) is 4.53. The molecule has 1 aromatic rings. The average molecular weight is 371 g/mol. The van der Waals surface area contributed by atoms with Crippen LogP contribution in [0.5, 0.6) is 0 Å². The second-order valence-electron chi connectivity index (χ2n) is 8.71. The molecule has 0 unspecified atom stereocenters. The molecular weight excluding hydrogens is 336 g/mol. The first-order valence-electron chi connectivity index (χ1n) is 10.7. The predicted molar refractivity (Wildman–Crippen MR) is 109 cm³/mol. The van der Waals surface area contributed by atoms with E-state index in [-0.39, 0.29) is 11.9 Å². The molecule has 27 heavy (non-hydrogen) atoms. The molecule has 148 valence electrons. The van der Waals surface area contributed by atoms with Crippen LogP contribution in [0.2, 0.25) is 0 Å². The number of carbonyl (C=O) groups is 1. The van der Waals surface area contributed by atoms with Crippen LogP contribution in [0.25, 0.3) is 0 Å². The topological polar surface area (TPSA) is 38.8 Å². The molecule has 0 aromatic heterocycles. The SMILES string of the molecule is C[C@@H]1CN([C@@H](C(=O)NC2CC2)c2ccccc2)CCN1C1CCN(C)CC1. The number of likely N-dealkylation sites (tertiary alicyclic amines) is 1. The number of piperidine rings is 1. The lowest BCUT2D eigenvalue weighted by Gasteiger charge is -2.47. The highest BCUT2D eigenvalue weighted by molar-refractivity contribution is 5.83. The lowest BCUT2D eigenvalue weighted by Crippen LogP contribution is -2.59. The van der Waals surface area contributed by atoms with Gasteiger partial charge in [-0.2, -0.15) is 0 Å². The van der Waals surface area contributed by atoms with Crippen molar-refractivity contribution in [1.29, 1.82) is 0 Å². The van der Waals surface area contributed by atoms with Crippen molar-refractivity contribution < 1.29 is 4.79 Å². The fraction of sp³-hybridized carbons (Fsp3) is 0.682. The van der Waals surface area contributed by atoms with E-state index in [4.69, 9.17) is 0 Å². The summed E-state index contributed by atoms with van der Waals surface area (Å²) >= 11 is 0. The van der Waals surface area contributed by atoms with Crippen molar-refractivity contribution in [2.24, 2.45) is 0 Å². The van der Waals surface area contributed by atoms with Crippen molar-refractivity contribution in [3.05, 3.63) is 35.9 Å². The summed E-state index contributed by atoms with van der Waals surface area (Å²) in [5, 5.41) is 3.24. The van der Waals surface area contributed by atoms with Crippen LogP contribution in [0, 0.1) is 0 Å². The first-order valence-corrected chi connectivity index (χ1v) is 10.7.